The molecule has 0 radical (unpaired) electrons. The molecular weight excluding hydrogens is 284 g/mol. The van der Waals surface area contributed by atoms with Crippen LogP contribution in [0.2, 0.25) is 5.02 Å². The molecule has 102 valence electrons. The SMILES string of the molecule is N#Cc1ccc(Nc2ccc(N)c3cccnc23)c(Cl)c1. The van der Waals surface area contributed by atoms with Crippen LogP contribution < -0.4 is 11.1 Å². The van der Waals surface area contributed by atoms with E-state index in [0.717, 1.165) is 16.6 Å². The number of benzene rings is 2. The Kier molecular flexibility index (Phi) is 3.35. The highest BCUT2D eigenvalue weighted by atomic mass is 35.5. The van der Waals surface area contributed by atoms with Gasteiger partial charge in [-0.1, -0.05) is 11.6 Å². The molecule has 0 aliphatic heterocycles. The standard InChI is InChI=1S/C16H11ClN4/c17-12-8-10(9-18)3-5-14(12)21-15-6-4-13(19)11-2-1-7-20-16(11)15/h1-8,21H,19H2. The number of nitrogens with zero attached hydrogens (tertiary/aromatic N) is 2. The molecule has 3 N–H and O–H groups in total. The summed E-state index contributed by atoms with van der Waals surface area (Å²) in [6, 6.07) is 14.6. The maximum atomic E-state index is 8.86. The van der Waals surface area contributed by atoms with Crippen molar-refractivity contribution in [3.63, 3.8) is 0 Å². The lowest BCUT2D eigenvalue weighted by molar-refractivity contribution is 1.40. The van der Waals surface area contributed by atoms with Crippen molar-refractivity contribution < 1.29 is 0 Å². The minimum Gasteiger partial charge on any atom is -0.398 e. The summed E-state index contributed by atoms with van der Waals surface area (Å²) in [6.07, 6.45) is 1.72. The third kappa shape index (κ3) is 2.47. The van der Waals surface area contributed by atoms with Gasteiger partial charge in [-0.05, 0) is 42.5 Å². The van der Waals surface area contributed by atoms with E-state index >= 15 is 0 Å². The molecule has 1 heterocycles. The number of hydrogen-bond acceptors (Lipinski definition) is 4. The first-order valence-corrected chi connectivity index (χ1v) is 6.67. The fraction of sp³-hybridized carbons (Fsp3) is 0. The van der Waals surface area contributed by atoms with Crippen molar-refractivity contribution in [2.45, 2.75) is 0 Å². The van der Waals surface area contributed by atoms with E-state index in [1.807, 2.05) is 24.3 Å². The van der Waals surface area contributed by atoms with Gasteiger partial charge in [0.2, 0.25) is 0 Å². The second-order valence-electron chi connectivity index (χ2n) is 4.53. The van der Waals surface area contributed by atoms with Crippen LogP contribution in [0.1, 0.15) is 5.56 Å². The maximum Gasteiger partial charge on any atom is 0.0992 e. The molecule has 0 atom stereocenters. The molecule has 0 unspecified atom stereocenters. The Bertz CT molecular complexity index is 868. The molecule has 0 aliphatic carbocycles. The number of pyridine rings is 1. The molecule has 2 aromatic carbocycles. The van der Waals surface area contributed by atoms with Gasteiger partial charge in [0.05, 0.1) is 33.5 Å². The normalized spacial score (nSPS) is 10.3. The topological polar surface area (TPSA) is 74.7 Å². The van der Waals surface area contributed by atoms with E-state index in [0.29, 0.717) is 22.0 Å². The average molecular weight is 295 g/mol. The van der Waals surface area contributed by atoms with Gasteiger partial charge in [-0.15, -0.1) is 0 Å². The quantitative estimate of drug-likeness (QED) is 0.698. The van der Waals surface area contributed by atoms with Gasteiger partial charge >= 0.3 is 0 Å². The van der Waals surface area contributed by atoms with Crippen LogP contribution in [0.15, 0.2) is 48.7 Å². The van der Waals surface area contributed by atoms with Crippen molar-refractivity contribution in [2.24, 2.45) is 0 Å². The molecule has 0 bridgehead atoms. The lowest BCUT2D eigenvalue weighted by Crippen LogP contribution is -1.96. The highest BCUT2D eigenvalue weighted by Gasteiger charge is 2.07. The number of aromatic nitrogens is 1. The van der Waals surface area contributed by atoms with Gasteiger partial charge in [-0.3, -0.25) is 4.98 Å². The monoisotopic (exact) mass is 294 g/mol. The number of nitrogens with two attached hydrogens (primary N) is 1. The van der Waals surface area contributed by atoms with Crippen molar-refractivity contribution in [1.29, 1.82) is 5.26 Å². The van der Waals surface area contributed by atoms with Crippen molar-refractivity contribution in [3.8, 4) is 6.07 Å². The fourth-order valence-electron chi connectivity index (χ4n) is 2.13. The number of hydrogen-bond donors (Lipinski definition) is 2. The molecule has 0 fully saturated rings. The summed E-state index contributed by atoms with van der Waals surface area (Å²) in [4.78, 5) is 4.36. The minimum absolute atomic E-state index is 0.481. The first-order valence-electron chi connectivity index (χ1n) is 6.29. The molecular formula is C16H11ClN4. The highest BCUT2D eigenvalue weighted by Crippen LogP contribution is 2.31. The molecule has 0 spiro atoms. The molecule has 3 rings (SSSR count). The van der Waals surface area contributed by atoms with Crippen LogP contribution >= 0.6 is 11.6 Å². The second-order valence-corrected chi connectivity index (χ2v) is 4.94. The predicted octanol–water partition coefficient (Wildman–Crippen LogP) is 4.09. The van der Waals surface area contributed by atoms with Gasteiger partial charge in [0.1, 0.15) is 0 Å². The zero-order valence-electron chi connectivity index (χ0n) is 11.0. The maximum absolute atomic E-state index is 8.86. The van der Waals surface area contributed by atoms with Gasteiger partial charge in [0.25, 0.3) is 0 Å². The summed E-state index contributed by atoms with van der Waals surface area (Å²) in [7, 11) is 0. The van der Waals surface area contributed by atoms with Crippen LogP contribution in [-0.4, -0.2) is 4.98 Å². The summed E-state index contributed by atoms with van der Waals surface area (Å²) in [5.74, 6) is 0. The van der Waals surface area contributed by atoms with E-state index in [-0.39, 0.29) is 0 Å². The van der Waals surface area contributed by atoms with E-state index < -0.39 is 0 Å². The van der Waals surface area contributed by atoms with Crippen molar-refractivity contribution >= 4 is 39.6 Å². The van der Waals surface area contributed by atoms with Gasteiger partial charge in [-0.25, -0.2) is 0 Å². The third-order valence-corrected chi connectivity index (χ3v) is 3.48. The summed E-state index contributed by atoms with van der Waals surface area (Å²) >= 11 is 6.18. The van der Waals surface area contributed by atoms with E-state index in [4.69, 9.17) is 22.6 Å². The Morgan fingerprint density at radius 1 is 1.14 bits per heavy atom. The molecule has 0 aliphatic rings. The number of anilines is 3. The van der Waals surface area contributed by atoms with Crippen LogP contribution in [0.25, 0.3) is 10.9 Å². The molecule has 0 saturated carbocycles. The lowest BCUT2D eigenvalue weighted by atomic mass is 10.1. The van der Waals surface area contributed by atoms with E-state index in [9.17, 15) is 0 Å². The second kappa shape index (κ2) is 5.31. The Labute approximate surface area is 126 Å². The Hall–Kier alpha value is -2.77. The molecule has 0 amide bonds. The number of halogens is 1. The largest absolute Gasteiger partial charge is 0.398 e. The Morgan fingerprint density at radius 3 is 2.71 bits per heavy atom. The average Bonchev–Trinajstić information content (AvgIpc) is 2.52. The first-order chi connectivity index (χ1) is 10.2. The molecule has 5 heteroatoms. The van der Waals surface area contributed by atoms with Crippen LogP contribution in [-0.2, 0) is 0 Å². The molecule has 1 aromatic heterocycles. The first kappa shape index (κ1) is 13.2. The zero-order chi connectivity index (χ0) is 14.8. The summed E-state index contributed by atoms with van der Waals surface area (Å²) in [5, 5.41) is 13.5. The van der Waals surface area contributed by atoms with Crippen LogP contribution in [0.4, 0.5) is 17.1 Å². The number of nitrogen functional groups attached to an aromatic ring is 1. The van der Waals surface area contributed by atoms with Crippen LogP contribution in [0, 0.1) is 11.3 Å². The number of fused-ring (bicyclic) bond motifs is 1. The van der Waals surface area contributed by atoms with E-state index in [1.54, 1.807) is 24.4 Å². The van der Waals surface area contributed by atoms with Gasteiger partial charge in [0, 0.05) is 17.3 Å². The minimum atomic E-state index is 0.481. The van der Waals surface area contributed by atoms with Crippen LogP contribution in [0.5, 0.6) is 0 Å². The van der Waals surface area contributed by atoms with Gasteiger partial charge in [-0.2, -0.15) is 5.26 Å². The van der Waals surface area contributed by atoms with Gasteiger partial charge < -0.3 is 11.1 Å². The Morgan fingerprint density at radius 2 is 1.95 bits per heavy atom. The van der Waals surface area contributed by atoms with Crippen molar-refractivity contribution in [1.82, 2.24) is 4.98 Å². The number of rotatable bonds is 2. The van der Waals surface area contributed by atoms with Crippen LogP contribution in [0.3, 0.4) is 0 Å². The summed E-state index contributed by atoms with van der Waals surface area (Å²) in [6.45, 7) is 0. The Balaban J connectivity index is 2.07. The highest BCUT2D eigenvalue weighted by molar-refractivity contribution is 6.33. The summed E-state index contributed by atoms with van der Waals surface area (Å²) in [5.41, 5.74) is 9.45. The smallest absolute Gasteiger partial charge is 0.0992 e. The fourth-order valence-corrected chi connectivity index (χ4v) is 2.35. The molecule has 4 nitrogen and oxygen atoms in total. The molecule has 3 aromatic rings. The van der Waals surface area contributed by atoms with E-state index in [2.05, 4.69) is 16.4 Å². The van der Waals surface area contributed by atoms with Crippen molar-refractivity contribution in [2.75, 3.05) is 11.1 Å². The molecule has 0 saturated heterocycles. The summed E-state index contributed by atoms with van der Waals surface area (Å²) < 4.78 is 0. The molecule has 21 heavy (non-hydrogen) atoms. The zero-order valence-corrected chi connectivity index (χ0v) is 11.7. The lowest BCUT2D eigenvalue weighted by Gasteiger charge is -2.12. The number of nitrogens with one attached hydrogen (secondary N) is 1. The van der Waals surface area contributed by atoms with Crippen molar-refractivity contribution in [3.05, 3.63) is 59.2 Å². The predicted molar refractivity (Wildman–Crippen MR) is 85.6 cm³/mol. The third-order valence-electron chi connectivity index (χ3n) is 3.17. The number of nitriles is 1. The van der Waals surface area contributed by atoms with Gasteiger partial charge in [0.15, 0.2) is 0 Å². The van der Waals surface area contributed by atoms with E-state index in [1.165, 1.54) is 0 Å².